The number of thioether (sulfide) groups is 1. The summed E-state index contributed by atoms with van der Waals surface area (Å²) in [5.41, 5.74) is 2.34. The maximum Gasteiger partial charge on any atom is 0.255 e. The van der Waals surface area contributed by atoms with Gasteiger partial charge in [0.25, 0.3) is 5.91 Å². The van der Waals surface area contributed by atoms with Crippen molar-refractivity contribution in [2.75, 3.05) is 22.3 Å². The highest BCUT2D eigenvalue weighted by molar-refractivity contribution is 7.99. The third kappa shape index (κ3) is 4.57. The Bertz CT molecular complexity index is 1010. The molecule has 3 aromatic rings. The molecule has 0 aliphatic carbocycles. The summed E-state index contributed by atoms with van der Waals surface area (Å²) in [7, 11) is 0. The van der Waals surface area contributed by atoms with E-state index < -0.39 is 6.04 Å². The smallest absolute Gasteiger partial charge is 0.255 e. The second kappa shape index (κ2) is 8.62. The first-order chi connectivity index (χ1) is 14.1. The maximum absolute atomic E-state index is 13.0. The minimum absolute atomic E-state index is 0.152. The van der Waals surface area contributed by atoms with Crippen LogP contribution >= 0.6 is 23.1 Å². The van der Waals surface area contributed by atoms with E-state index in [1.54, 1.807) is 47.4 Å². The van der Waals surface area contributed by atoms with Gasteiger partial charge in [0, 0.05) is 46.2 Å². The van der Waals surface area contributed by atoms with Crippen LogP contribution in [0.1, 0.15) is 15.2 Å². The molecule has 29 heavy (non-hydrogen) atoms. The molecule has 9 heteroatoms. The summed E-state index contributed by atoms with van der Waals surface area (Å²) in [5.74, 6) is 0.712. The molecule has 4 rings (SSSR count). The first-order valence-corrected chi connectivity index (χ1v) is 11.0. The minimum atomic E-state index is -0.508. The summed E-state index contributed by atoms with van der Waals surface area (Å²) in [4.78, 5) is 36.4. The van der Waals surface area contributed by atoms with Gasteiger partial charge in [0.2, 0.25) is 5.91 Å². The highest BCUT2D eigenvalue weighted by atomic mass is 32.2. The van der Waals surface area contributed by atoms with Crippen molar-refractivity contribution in [1.29, 1.82) is 0 Å². The highest BCUT2D eigenvalue weighted by Crippen LogP contribution is 2.26. The van der Waals surface area contributed by atoms with Crippen LogP contribution in [0.25, 0.3) is 0 Å². The molecule has 1 saturated heterocycles. The van der Waals surface area contributed by atoms with Crippen LogP contribution in [0.2, 0.25) is 0 Å². The van der Waals surface area contributed by atoms with E-state index in [-0.39, 0.29) is 11.8 Å². The fraction of sp³-hybridized carbons (Fsp3) is 0.200. The number of aromatic nitrogens is 2. The number of amides is 2. The maximum atomic E-state index is 13.0. The predicted octanol–water partition coefficient (Wildman–Crippen LogP) is 3.74. The van der Waals surface area contributed by atoms with Crippen LogP contribution in [0.3, 0.4) is 0 Å². The van der Waals surface area contributed by atoms with Crippen molar-refractivity contribution >= 4 is 51.4 Å². The molecule has 1 aliphatic heterocycles. The number of carbonyl (C=O) groups is 2. The Hall–Kier alpha value is -2.91. The van der Waals surface area contributed by atoms with Crippen LogP contribution in [-0.2, 0) is 4.79 Å². The predicted molar refractivity (Wildman–Crippen MR) is 117 cm³/mol. The van der Waals surface area contributed by atoms with Crippen molar-refractivity contribution in [3.05, 3.63) is 65.4 Å². The van der Waals surface area contributed by atoms with Gasteiger partial charge >= 0.3 is 0 Å². The van der Waals surface area contributed by atoms with Crippen LogP contribution in [0, 0.1) is 6.92 Å². The molecule has 2 aromatic heterocycles. The van der Waals surface area contributed by atoms with E-state index in [0.29, 0.717) is 22.3 Å². The van der Waals surface area contributed by atoms with Gasteiger partial charge in [0.05, 0.1) is 5.88 Å². The number of pyridine rings is 1. The van der Waals surface area contributed by atoms with Crippen molar-refractivity contribution in [2.45, 2.75) is 13.0 Å². The van der Waals surface area contributed by atoms with Gasteiger partial charge in [-0.3, -0.25) is 14.6 Å². The number of hydrogen-bond donors (Lipinski definition) is 2. The lowest BCUT2D eigenvalue weighted by Crippen LogP contribution is -2.44. The van der Waals surface area contributed by atoms with E-state index >= 15 is 0 Å². The van der Waals surface area contributed by atoms with Gasteiger partial charge in [-0.25, -0.2) is 4.98 Å². The number of benzene rings is 1. The Morgan fingerprint density at radius 1 is 1.10 bits per heavy atom. The van der Waals surface area contributed by atoms with Crippen molar-refractivity contribution < 1.29 is 9.59 Å². The average Bonchev–Trinajstić information content (AvgIpc) is 3.38. The highest BCUT2D eigenvalue weighted by Gasteiger charge is 2.35. The molecule has 1 atom stereocenters. The Morgan fingerprint density at radius 3 is 2.52 bits per heavy atom. The van der Waals surface area contributed by atoms with E-state index in [4.69, 9.17) is 0 Å². The Labute approximate surface area is 176 Å². The third-order valence-corrected chi connectivity index (χ3v) is 6.24. The van der Waals surface area contributed by atoms with Crippen LogP contribution in [0.5, 0.6) is 0 Å². The number of carbonyl (C=O) groups excluding carboxylic acids is 2. The topological polar surface area (TPSA) is 87.2 Å². The molecule has 1 aromatic carbocycles. The van der Waals surface area contributed by atoms with Gasteiger partial charge in [0.15, 0.2) is 5.13 Å². The standard InChI is InChI=1S/C20H19N5O2S2/c1-13-10-22-20(29-13)24-18(26)17-11-28-12-25(17)19(27)14-2-4-15(5-3-14)23-16-6-8-21-9-7-16/h2-10,17H,11-12H2,1H3,(H,21,23)(H,22,24,26). The number of nitrogens with zero attached hydrogens (tertiary/aromatic N) is 3. The summed E-state index contributed by atoms with van der Waals surface area (Å²) in [6, 6.07) is 10.5. The Balaban J connectivity index is 1.43. The second-order valence-electron chi connectivity index (χ2n) is 6.49. The van der Waals surface area contributed by atoms with Crippen molar-refractivity contribution in [1.82, 2.24) is 14.9 Å². The van der Waals surface area contributed by atoms with Gasteiger partial charge in [-0.2, -0.15) is 0 Å². The van der Waals surface area contributed by atoms with Gasteiger partial charge in [0.1, 0.15) is 6.04 Å². The quantitative estimate of drug-likeness (QED) is 0.648. The monoisotopic (exact) mass is 425 g/mol. The first-order valence-electron chi connectivity index (χ1n) is 8.99. The fourth-order valence-corrected chi connectivity index (χ4v) is 4.75. The van der Waals surface area contributed by atoms with Gasteiger partial charge in [-0.1, -0.05) is 0 Å². The number of rotatable bonds is 5. The minimum Gasteiger partial charge on any atom is -0.355 e. The summed E-state index contributed by atoms with van der Waals surface area (Å²) in [5, 5.41) is 6.64. The average molecular weight is 426 g/mol. The van der Waals surface area contributed by atoms with Crippen LogP contribution < -0.4 is 10.6 Å². The number of aryl methyl sites for hydroxylation is 1. The number of hydrogen-bond acceptors (Lipinski definition) is 7. The van der Waals surface area contributed by atoms with E-state index in [1.165, 1.54) is 11.3 Å². The fourth-order valence-electron chi connectivity index (χ4n) is 2.93. The van der Waals surface area contributed by atoms with Crippen LogP contribution in [0.4, 0.5) is 16.5 Å². The summed E-state index contributed by atoms with van der Waals surface area (Å²) >= 11 is 2.99. The van der Waals surface area contributed by atoms with Gasteiger partial charge in [-0.15, -0.1) is 23.1 Å². The molecule has 7 nitrogen and oxygen atoms in total. The van der Waals surface area contributed by atoms with E-state index in [2.05, 4.69) is 20.6 Å². The molecular formula is C20H19N5O2S2. The van der Waals surface area contributed by atoms with E-state index in [1.807, 2.05) is 31.2 Å². The van der Waals surface area contributed by atoms with E-state index in [9.17, 15) is 9.59 Å². The summed E-state index contributed by atoms with van der Waals surface area (Å²) in [6.07, 6.45) is 5.14. The van der Waals surface area contributed by atoms with Gasteiger partial charge in [-0.05, 0) is 43.3 Å². The summed E-state index contributed by atoms with van der Waals surface area (Å²) < 4.78 is 0. The largest absolute Gasteiger partial charge is 0.355 e. The van der Waals surface area contributed by atoms with Crippen LogP contribution in [0.15, 0.2) is 55.0 Å². The third-order valence-electron chi connectivity index (χ3n) is 4.40. The molecule has 0 saturated carbocycles. The second-order valence-corrected chi connectivity index (χ2v) is 8.73. The van der Waals surface area contributed by atoms with E-state index in [0.717, 1.165) is 16.3 Å². The Kier molecular flexibility index (Phi) is 5.77. The molecule has 2 N–H and O–H groups in total. The molecule has 3 heterocycles. The number of thiazole rings is 1. The van der Waals surface area contributed by atoms with Crippen molar-refractivity contribution in [3.8, 4) is 0 Å². The molecule has 2 amide bonds. The van der Waals surface area contributed by atoms with Crippen LogP contribution in [-0.4, -0.2) is 44.4 Å². The van der Waals surface area contributed by atoms with Gasteiger partial charge < -0.3 is 15.5 Å². The zero-order valence-corrected chi connectivity index (χ0v) is 17.3. The molecule has 1 aliphatic rings. The summed E-state index contributed by atoms with van der Waals surface area (Å²) in [6.45, 7) is 1.93. The molecule has 0 spiro atoms. The zero-order valence-electron chi connectivity index (χ0n) is 15.7. The number of anilines is 3. The number of nitrogens with one attached hydrogen (secondary N) is 2. The normalized spacial score (nSPS) is 15.9. The molecule has 1 unspecified atom stereocenters. The molecule has 1 fully saturated rings. The first kappa shape index (κ1) is 19.4. The van der Waals surface area contributed by atoms with Crippen molar-refractivity contribution in [3.63, 3.8) is 0 Å². The molecule has 0 bridgehead atoms. The SMILES string of the molecule is Cc1cnc(NC(=O)C2CSCN2C(=O)c2ccc(Nc3ccncc3)cc2)s1. The Morgan fingerprint density at radius 2 is 1.83 bits per heavy atom. The lowest BCUT2D eigenvalue weighted by atomic mass is 10.1. The zero-order chi connectivity index (χ0) is 20.2. The molecule has 0 radical (unpaired) electrons. The van der Waals surface area contributed by atoms with Crippen molar-refractivity contribution in [2.24, 2.45) is 0 Å². The lowest BCUT2D eigenvalue weighted by molar-refractivity contribution is -0.119. The lowest BCUT2D eigenvalue weighted by Gasteiger charge is -2.22. The molecule has 148 valence electrons. The molecular weight excluding hydrogens is 406 g/mol.